The molecule has 0 spiro atoms. The lowest BCUT2D eigenvalue weighted by Gasteiger charge is -2.35. The molecule has 2 aliphatic heterocycles. The number of pyridine rings is 1. The summed E-state index contributed by atoms with van der Waals surface area (Å²) in [6.07, 6.45) is 5.27. The summed E-state index contributed by atoms with van der Waals surface area (Å²) >= 11 is 0. The van der Waals surface area contributed by atoms with Crippen LogP contribution in [0, 0.1) is 17.8 Å². The summed E-state index contributed by atoms with van der Waals surface area (Å²) < 4.78 is 85.3. The van der Waals surface area contributed by atoms with E-state index in [2.05, 4.69) is 20.3 Å². The molecule has 4 amide bonds. The van der Waals surface area contributed by atoms with Crippen LogP contribution in [-0.2, 0) is 33.9 Å². The van der Waals surface area contributed by atoms with Crippen molar-refractivity contribution in [2.75, 3.05) is 34.0 Å². The molecule has 348 valence electrons. The monoisotopic (exact) mass is 897 g/mol. The molecule has 2 aromatic rings. The number of hydrogen-bond acceptors (Lipinski definition) is 12. The fourth-order valence-electron chi connectivity index (χ4n) is 8.09. The summed E-state index contributed by atoms with van der Waals surface area (Å²) in [5.74, 6) is -5.98. The lowest BCUT2D eigenvalue weighted by atomic mass is 9.87. The van der Waals surface area contributed by atoms with E-state index >= 15 is 4.79 Å². The first kappa shape index (κ1) is 46.7. The summed E-state index contributed by atoms with van der Waals surface area (Å²) in [7, 11) is -1.12. The zero-order chi connectivity index (χ0) is 45.4. The van der Waals surface area contributed by atoms with Crippen LogP contribution in [-0.4, -0.2) is 116 Å². The maximum atomic E-state index is 15.1. The van der Waals surface area contributed by atoms with Crippen molar-refractivity contribution < 1.29 is 64.3 Å². The molecule has 3 fully saturated rings. The molecule has 1 aromatic heterocycles. The first-order chi connectivity index (χ1) is 29.1. The Kier molecular flexibility index (Phi) is 13.4. The molecule has 19 heteroatoms. The minimum absolute atomic E-state index is 0. The Labute approximate surface area is 365 Å². The number of methoxy groups -OCH3 is 2. The van der Waals surface area contributed by atoms with E-state index in [1.54, 1.807) is 31.2 Å². The minimum Gasteiger partial charge on any atom is -0.497 e. The van der Waals surface area contributed by atoms with Gasteiger partial charge in [0.1, 0.15) is 35.2 Å². The topological polar surface area (TPSA) is 201 Å². The number of ether oxygens (including phenoxy) is 5. The number of rotatable bonds is 13. The molecular formula is C43H65F2N5O11S. The van der Waals surface area contributed by atoms with Gasteiger partial charge in [0, 0.05) is 47.3 Å². The number of alkyl carbamates (subject to hydrolysis) is 1. The number of nitrogens with one attached hydrogen (secondary N) is 3. The normalized spacial score (nSPS) is 28.3. The highest BCUT2D eigenvalue weighted by molar-refractivity contribution is 7.91. The Bertz CT molecular complexity index is 2200. The van der Waals surface area contributed by atoms with E-state index in [4.69, 9.17) is 23.7 Å². The third-order valence-corrected chi connectivity index (χ3v) is 14.9. The van der Waals surface area contributed by atoms with Crippen molar-refractivity contribution in [2.24, 2.45) is 17.8 Å². The summed E-state index contributed by atoms with van der Waals surface area (Å²) in [6, 6.07) is 2.47. The predicted molar refractivity (Wildman–Crippen MR) is 230 cm³/mol. The molecule has 0 unspecified atom stereocenters. The molecule has 7 atom stereocenters. The number of alkyl halides is 2. The highest BCUT2D eigenvalue weighted by Gasteiger charge is 2.63. The van der Waals surface area contributed by atoms with Crippen LogP contribution >= 0.6 is 0 Å². The van der Waals surface area contributed by atoms with E-state index in [9.17, 15) is 31.6 Å². The molecule has 4 aliphatic rings. The van der Waals surface area contributed by atoms with E-state index in [1.807, 2.05) is 19.9 Å². The third-order valence-electron chi connectivity index (χ3n) is 12.7. The van der Waals surface area contributed by atoms with Gasteiger partial charge in [0.15, 0.2) is 5.60 Å². The molecular weight excluding hydrogens is 833 g/mol. The van der Waals surface area contributed by atoms with Crippen molar-refractivity contribution in [3.8, 4) is 17.4 Å². The maximum absolute atomic E-state index is 15.1. The predicted octanol–water partition coefficient (Wildman–Crippen LogP) is 5.77. The Morgan fingerprint density at radius 3 is 2.48 bits per heavy atom. The van der Waals surface area contributed by atoms with Gasteiger partial charge in [-0.25, -0.2) is 27.0 Å². The van der Waals surface area contributed by atoms with E-state index in [0.717, 1.165) is 13.8 Å². The highest BCUT2D eigenvalue weighted by Crippen LogP contribution is 2.48. The SMILES string of the molecule is CCOc1cnc(O[C@@H]2C[C@H]3C(=O)N[C@]4(C(=O)NS(=O)(=O)C5(C)CC5)C[C@H]4/C=C\CC[C@@H](C)C[C@@H](COC)[C@H](NC(=O)OC(C)(C)C(C)(F)F)C(=O)N3C2)c2ccc(OC)cc12.[HH].[HH].[HH]. The van der Waals surface area contributed by atoms with Gasteiger partial charge in [0.25, 0.3) is 11.8 Å². The number of carbonyl (C=O) groups excluding carboxylic acids is 4. The number of halogens is 2. The van der Waals surface area contributed by atoms with Crippen molar-refractivity contribution in [1.29, 1.82) is 0 Å². The number of aromatic nitrogens is 1. The van der Waals surface area contributed by atoms with Gasteiger partial charge in [-0.15, -0.1) is 0 Å². The number of hydrogen-bond donors (Lipinski definition) is 3. The van der Waals surface area contributed by atoms with E-state index in [1.165, 1.54) is 25.3 Å². The largest absolute Gasteiger partial charge is 0.497 e. The van der Waals surface area contributed by atoms with Crippen molar-refractivity contribution in [3.63, 3.8) is 0 Å². The molecule has 2 aliphatic carbocycles. The van der Waals surface area contributed by atoms with Gasteiger partial charge >= 0.3 is 6.09 Å². The van der Waals surface area contributed by atoms with E-state index < -0.39 is 85.7 Å². The van der Waals surface area contributed by atoms with Crippen LogP contribution in [0.25, 0.3) is 10.8 Å². The van der Waals surface area contributed by atoms with Gasteiger partial charge in [-0.1, -0.05) is 19.1 Å². The van der Waals surface area contributed by atoms with Gasteiger partial charge in [0.2, 0.25) is 27.7 Å². The van der Waals surface area contributed by atoms with E-state index in [-0.39, 0.29) is 42.1 Å². The van der Waals surface area contributed by atoms with Crippen molar-refractivity contribution in [1.82, 2.24) is 25.2 Å². The van der Waals surface area contributed by atoms with Crippen LogP contribution < -0.4 is 29.6 Å². The van der Waals surface area contributed by atoms with Gasteiger partial charge < -0.3 is 39.2 Å². The summed E-state index contributed by atoms with van der Waals surface area (Å²) in [4.78, 5) is 63.1. The molecule has 2 saturated carbocycles. The molecule has 0 radical (unpaired) electrons. The Balaban J connectivity index is 0.00000374. The molecule has 1 aromatic carbocycles. The van der Waals surface area contributed by atoms with Crippen LogP contribution in [0.3, 0.4) is 0 Å². The molecule has 3 N–H and O–H groups in total. The molecule has 3 heterocycles. The number of amides is 4. The van der Waals surface area contributed by atoms with Crippen molar-refractivity contribution >= 4 is 44.6 Å². The number of allylic oxidation sites excluding steroid dienone is 1. The number of benzene rings is 1. The van der Waals surface area contributed by atoms with Crippen LogP contribution in [0.5, 0.6) is 17.4 Å². The minimum atomic E-state index is -4.08. The summed E-state index contributed by atoms with van der Waals surface area (Å²) in [5, 5.41) is 6.58. The second-order valence-electron chi connectivity index (χ2n) is 17.9. The van der Waals surface area contributed by atoms with Crippen LogP contribution in [0.1, 0.15) is 90.8 Å². The Morgan fingerprint density at radius 1 is 1.11 bits per heavy atom. The molecule has 1 saturated heterocycles. The van der Waals surface area contributed by atoms with Gasteiger partial charge in [-0.05, 0) is 90.3 Å². The highest BCUT2D eigenvalue weighted by atomic mass is 32.2. The number of nitrogens with zero attached hydrogens (tertiary/aromatic N) is 2. The second-order valence-corrected chi connectivity index (χ2v) is 20.1. The average Bonchev–Trinajstić information content (AvgIpc) is 4.08. The quantitative estimate of drug-likeness (QED) is 0.206. The summed E-state index contributed by atoms with van der Waals surface area (Å²) in [5.41, 5.74) is -3.91. The number of carbonyl (C=O) groups is 4. The fourth-order valence-corrected chi connectivity index (χ4v) is 9.40. The van der Waals surface area contributed by atoms with Gasteiger partial charge in [0.05, 0.1) is 37.8 Å². The second kappa shape index (κ2) is 17.8. The van der Waals surface area contributed by atoms with Crippen molar-refractivity contribution in [3.05, 3.63) is 36.5 Å². The fraction of sp³-hybridized carbons (Fsp3) is 0.651. The standard InChI is InChI=1S/C43H59F2N5O11S.3H2/c1-9-59-33-22-46-36(30-15-14-28(58-8)19-31(30)33)60-29-20-32-35(51)48-43(38(53)49-62(55,56)41(5)16-17-41)21-27(43)13-11-10-12-25(2)18-26(24-57-7)34(37(52)50(32)23-29)47-39(54)61-40(3,4)42(6,44)45;;;/h11,13-15,19,22,25-27,29,32,34H,9-10,12,16-18,20-21,23-24H2,1-8H3,(H,47,54)(H,48,51)(H,49,53);3*1H/b13-11-;;;/t25-,26+,27-,29-,32+,34+,43-;;;/m1.../s1. The maximum Gasteiger partial charge on any atom is 0.408 e. The van der Waals surface area contributed by atoms with Gasteiger partial charge in [-0.3, -0.25) is 19.1 Å². The zero-order valence-corrected chi connectivity index (χ0v) is 37.4. The molecule has 16 nitrogen and oxygen atoms in total. The lowest BCUT2D eigenvalue weighted by molar-refractivity contribution is -0.152. The summed E-state index contributed by atoms with van der Waals surface area (Å²) in [6.45, 7) is 8.19. The molecule has 62 heavy (non-hydrogen) atoms. The third kappa shape index (κ3) is 9.72. The van der Waals surface area contributed by atoms with Crippen LogP contribution in [0.2, 0.25) is 0 Å². The van der Waals surface area contributed by atoms with Crippen molar-refractivity contribution in [2.45, 2.75) is 126 Å². The van der Waals surface area contributed by atoms with Gasteiger partial charge in [-0.2, -0.15) is 0 Å². The van der Waals surface area contributed by atoms with Crippen LogP contribution in [0.4, 0.5) is 13.6 Å². The molecule has 6 rings (SSSR count). The van der Waals surface area contributed by atoms with E-state index in [0.29, 0.717) is 67.9 Å². The lowest BCUT2D eigenvalue weighted by Crippen LogP contribution is -2.60. The average molecular weight is 898 g/mol. The zero-order valence-electron chi connectivity index (χ0n) is 36.5. The van der Waals surface area contributed by atoms with Crippen LogP contribution in [0.15, 0.2) is 36.5 Å². The Hall–Kier alpha value is -4.78. The first-order valence-electron chi connectivity index (χ1n) is 21.1. The Morgan fingerprint density at radius 2 is 1.84 bits per heavy atom. The first-order valence-corrected chi connectivity index (χ1v) is 22.5. The molecule has 0 bridgehead atoms. The number of sulfonamides is 1. The number of fused-ring (bicyclic) bond motifs is 3. The smallest absolute Gasteiger partial charge is 0.408 e.